The number of carbonyl (C=O) groups excluding carboxylic acids is 2. The van der Waals surface area contributed by atoms with E-state index in [-0.39, 0.29) is 33.0 Å². The quantitative estimate of drug-likeness (QED) is 0.431. The van der Waals surface area contributed by atoms with Gasteiger partial charge in [0.2, 0.25) is 0 Å². The van der Waals surface area contributed by atoms with Crippen molar-refractivity contribution in [2.24, 2.45) is 0 Å². The molecule has 1 saturated heterocycles. The molecule has 20 heavy (non-hydrogen) atoms. The Morgan fingerprint density at radius 2 is 2.10 bits per heavy atom. The Morgan fingerprint density at radius 3 is 2.65 bits per heavy atom. The number of aliphatic hydroxyl groups excluding tert-OH is 2. The highest BCUT2D eigenvalue weighted by molar-refractivity contribution is 5.69. The van der Waals surface area contributed by atoms with Crippen LogP contribution in [0.1, 0.15) is 0 Å². The minimum atomic E-state index is -0.899. The number of hydrogen-bond acceptors (Lipinski definition) is 8. The zero-order valence-electron chi connectivity index (χ0n) is 11.2. The predicted molar refractivity (Wildman–Crippen MR) is 64.1 cm³/mol. The first kappa shape index (κ1) is 16.5. The minimum absolute atomic E-state index is 0.0298. The molecule has 1 atom stereocenters. The van der Waals surface area contributed by atoms with Crippen molar-refractivity contribution in [1.82, 2.24) is 4.90 Å². The van der Waals surface area contributed by atoms with E-state index in [0.29, 0.717) is 6.54 Å². The van der Waals surface area contributed by atoms with Crippen LogP contribution in [0.2, 0.25) is 0 Å². The molecule has 1 rings (SSSR count). The number of cyclic esters (lactones) is 1. The van der Waals surface area contributed by atoms with Gasteiger partial charge in [0.1, 0.15) is 19.3 Å². The maximum absolute atomic E-state index is 11.2. The van der Waals surface area contributed by atoms with E-state index < -0.39 is 24.5 Å². The molecule has 0 radical (unpaired) electrons. The number of hydrogen-bond donors (Lipinski definition) is 2. The van der Waals surface area contributed by atoms with E-state index in [4.69, 9.17) is 29.2 Å². The van der Waals surface area contributed by atoms with Gasteiger partial charge in [-0.05, 0) is 0 Å². The Labute approximate surface area is 116 Å². The van der Waals surface area contributed by atoms with Crippen LogP contribution in [0.4, 0.5) is 9.59 Å². The lowest BCUT2D eigenvalue weighted by Crippen LogP contribution is -2.26. The monoisotopic (exact) mass is 293 g/mol. The molecular weight excluding hydrogens is 274 g/mol. The Hall–Kier alpha value is -1.58. The summed E-state index contributed by atoms with van der Waals surface area (Å²) in [5.41, 5.74) is 0. The van der Waals surface area contributed by atoms with Crippen LogP contribution >= 0.6 is 0 Å². The highest BCUT2D eigenvalue weighted by Gasteiger charge is 2.29. The number of likely N-dealkylation sites (N-methyl/N-ethyl adjacent to an activating group) is 1. The van der Waals surface area contributed by atoms with E-state index >= 15 is 0 Å². The van der Waals surface area contributed by atoms with Crippen LogP contribution in [0.5, 0.6) is 0 Å². The van der Waals surface area contributed by atoms with Crippen molar-refractivity contribution in [1.29, 1.82) is 0 Å². The lowest BCUT2D eigenvalue weighted by Gasteiger charge is -2.13. The second-order valence-electron chi connectivity index (χ2n) is 4.15. The maximum atomic E-state index is 11.2. The first-order valence-corrected chi connectivity index (χ1v) is 6.11. The van der Waals surface area contributed by atoms with Crippen LogP contribution in [0.25, 0.3) is 0 Å². The van der Waals surface area contributed by atoms with Gasteiger partial charge in [-0.3, -0.25) is 0 Å². The summed E-state index contributed by atoms with van der Waals surface area (Å²) in [6.07, 6.45) is -2.55. The first-order valence-electron chi connectivity index (χ1n) is 6.11. The number of carbonyl (C=O) groups is 2. The zero-order valence-corrected chi connectivity index (χ0v) is 11.2. The molecule has 0 aromatic heterocycles. The topological polar surface area (TPSA) is 115 Å². The second kappa shape index (κ2) is 8.56. The van der Waals surface area contributed by atoms with E-state index in [2.05, 4.69) is 0 Å². The largest absolute Gasteiger partial charge is 0.508 e. The number of rotatable bonds is 8. The fraction of sp³-hybridized carbons (Fsp3) is 0.818. The van der Waals surface area contributed by atoms with Crippen LogP contribution in [0.15, 0.2) is 0 Å². The molecule has 0 bridgehead atoms. The lowest BCUT2D eigenvalue weighted by molar-refractivity contribution is -0.0423. The summed E-state index contributed by atoms with van der Waals surface area (Å²) in [7, 11) is 1.58. The van der Waals surface area contributed by atoms with Crippen molar-refractivity contribution in [2.45, 2.75) is 12.2 Å². The van der Waals surface area contributed by atoms with Gasteiger partial charge < -0.3 is 34.1 Å². The molecule has 9 nitrogen and oxygen atoms in total. The third-order valence-electron chi connectivity index (χ3n) is 2.51. The summed E-state index contributed by atoms with van der Waals surface area (Å²) in [6, 6.07) is 0. The first-order chi connectivity index (χ1) is 9.56. The van der Waals surface area contributed by atoms with E-state index in [0.717, 1.165) is 0 Å². The standard InChI is InChI=1S/C11H19NO8/c1-12-4-8(20-10(12)15)7-19-11(16)18-3-2-17-9(5-13)6-14/h8-9,13-14H,2-7H2,1H3. The van der Waals surface area contributed by atoms with Crippen LogP contribution in [-0.2, 0) is 18.9 Å². The van der Waals surface area contributed by atoms with Crippen molar-refractivity contribution < 1.29 is 38.7 Å². The van der Waals surface area contributed by atoms with Crippen molar-refractivity contribution in [3.8, 4) is 0 Å². The number of amides is 1. The Kier molecular flexibility index (Phi) is 7.05. The van der Waals surface area contributed by atoms with Gasteiger partial charge in [0.25, 0.3) is 0 Å². The van der Waals surface area contributed by atoms with Gasteiger partial charge in [-0.1, -0.05) is 0 Å². The van der Waals surface area contributed by atoms with Gasteiger partial charge >= 0.3 is 12.2 Å². The van der Waals surface area contributed by atoms with E-state index in [9.17, 15) is 9.59 Å². The smallest absolute Gasteiger partial charge is 0.441 e. The molecule has 0 aromatic carbocycles. The molecule has 9 heteroatoms. The van der Waals surface area contributed by atoms with Crippen LogP contribution in [0.3, 0.4) is 0 Å². The molecule has 2 N–H and O–H groups in total. The fourth-order valence-electron chi connectivity index (χ4n) is 1.44. The van der Waals surface area contributed by atoms with Gasteiger partial charge in [0.15, 0.2) is 6.10 Å². The normalized spacial score (nSPS) is 18.3. The molecule has 1 aliphatic rings. The van der Waals surface area contributed by atoms with Crippen LogP contribution in [-0.4, -0.2) is 86.2 Å². The molecule has 1 unspecified atom stereocenters. The van der Waals surface area contributed by atoms with Crippen molar-refractivity contribution in [3.63, 3.8) is 0 Å². The molecule has 0 saturated carbocycles. The molecular formula is C11H19NO8. The van der Waals surface area contributed by atoms with E-state index in [1.807, 2.05) is 0 Å². The molecule has 1 aliphatic heterocycles. The van der Waals surface area contributed by atoms with Crippen molar-refractivity contribution in [2.75, 3.05) is 46.6 Å². The number of ether oxygens (including phenoxy) is 4. The van der Waals surface area contributed by atoms with Gasteiger partial charge in [-0.15, -0.1) is 0 Å². The van der Waals surface area contributed by atoms with Gasteiger partial charge in [0, 0.05) is 7.05 Å². The minimum Gasteiger partial charge on any atom is -0.441 e. The Morgan fingerprint density at radius 1 is 1.40 bits per heavy atom. The molecule has 1 fully saturated rings. The summed E-state index contributed by atoms with van der Waals surface area (Å²) < 4.78 is 19.3. The summed E-state index contributed by atoms with van der Waals surface area (Å²) in [4.78, 5) is 23.6. The van der Waals surface area contributed by atoms with Gasteiger partial charge in [-0.2, -0.15) is 0 Å². The SMILES string of the molecule is CN1CC(COC(=O)OCCOC(CO)CO)OC1=O. The fourth-order valence-corrected chi connectivity index (χ4v) is 1.44. The second-order valence-corrected chi connectivity index (χ2v) is 4.15. The summed E-state index contributed by atoms with van der Waals surface area (Å²) in [5, 5.41) is 17.4. The average Bonchev–Trinajstić information content (AvgIpc) is 2.76. The molecule has 0 aromatic rings. The number of nitrogens with zero attached hydrogens (tertiary/aromatic N) is 1. The van der Waals surface area contributed by atoms with Gasteiger partial charge in [-0.25, -0.2) is 9.59 Å². The van der Waals surface area contributed by atoms with Crippen molar-refractivity contribution >= 4 is 12.2 Å². The van der Waals surface area contributed by atoms with Gasteiger partial charge in [0.05, 0.1) is 26.4 Å². The van der Waals surface area contributed by atoms with Crippen LogP contribution < -0.4 is 0 Å². The Bertz CT molecular complexity index is 320. The summed E-state index contributed by atoms with van der Waals surface area (Å²) in [5.74, 6) is 0. The molecule has 1 amide bonds. The average molecular weight is 293 g/mol. The molecule has 0 spiro atoms. The molecule has 0 aliphatic carbocycles. The highest BCUT2D eigenvalue weighted by Crippen LogP contribution is 2.09. The summed E-state index contributed by atoms with van der Waals surface area (Å²) in [6.45, 7) is -0.402. The lowest BCUT2D eigenvalue weighted by atomic mass is 10.4. The Balaban J connectivity index is 2.05. The predicted octanol–water partition coefficient (Wildman–Crippen LogP) is -1.04. The summed E-state index contributed by atoms with van der Waals surface area (Å²) >= 11 is 0. The van der Waals surface area contributed by atoms with E-state index in [1.54, 1.807) is 7.05 Å². The number of aliphatic hydroxyl groups is 2. The maximum Gasteiger partial charge on any atom is 0.508 e. The van der Waals surface area contributed by atoms with Crippen molar-refractivity contribution in [3.05, 3.63) is 0 Å². The molecule has 1 heterocycles. The van der Waals surface area contributed by atoms with Crippen LogP contribution in [0, 0.1) is 0 Å². The zero-order chi connectivity index (χ0) is 15.0. The molecule has 116 valence electrons. The third kappa shape index (κ3) is 5.59. The third-order valence-corrected chi connectivity index (χ3v) is 2.51. The highest BCUT2D eigenvalue weighted by atomic mass is 16.7. The van der Waals surface area contributed by atoms with E-state index in [1.165, 1.54) is 4.90 Å².